The number of amidine groups is 1. The van der Waals surface area contributed by atoms with Gasteiger partial charge in [0.05, 0.1) is 11.7 Å². The Bertz CT molecular complexity index is 711. The van der Waals surface area contributed by atoms with Crippen LogP contribution in [0.15, 0.2) is 53.7 Å². The van der Waals surface area contributed by atoms with Gasteiger partial charge in [-0.25, -0.2) is 0 Å². The average Bonchev–Trinajstić information content (AvgIpc) is 3.11. The molecule has 1 aromatic heterocycles. The number of aliphatic imine (C=N–C) groups is 1. The molecule has 1 fully saturated rings. The van der Waals surface area contributed by atoms with Gasteiger partial charge in [-0.15, -0.1) is 0 Å². The maximum absolute atomic E-state index is 5.01. The number of rotatable bonds is 3. The van der Waals surface area contributed by atoms with Crippen LogP contribution in [0.5, 0.6) is 0 Å². The van der Waals surface area contributed by atoms with E-state index in [0.717, 1.165) is 18.7 Å². The number of thioether (sulfide) groups is 1. The van der Waals surface area contributed by atoms with E-state index in [1.54, 1.807) is 0 Å². The highest BCUT2D eigenvalue weighted by molar-refractivity contribution is 8.14. The van der Waals surface area contributed by atoms with Crippen molar-refractivity contribution in [2.24, 2.45) is 4.99 Å². The molecular weight excluding hydrogens is 302 g/mol. The van der Waals surface area contributed by atoms with E-state index in [1.165, 1.54) is 16.3 Å². The van der Waals surface area contributed by atoms with Crippen molar-refractivity contribution in [3.05, 3.63) is 65.5 Å². The number of nitrogens with zero attached hydrogens (tertiary/aromatic N) is 3. The van der Waals surface area contributed by atoms with Crippen molar-refractivity contribution in [2.75, 3.05) is 6.54 Å². The monoisotopic (exact) mass is 323 g/mol. The van der Waals surface area contributed by atoms with Gasteiger partial charge in [-0.2, -0.15) is 0 Å². The molecule has 2 aliphatic rings. The summed E-state index contributed by atoms with van der Waals surface area (Å²) in [5.74, 6) is 0. The molecule has 0 unspecified atom stereocenters. The molecule has 3 heterocycles. The SMILES string of the molecule is CCc1ccc([C@@H]2[C@H](c3ccccn3)N=C3S[C@@H](C)CN32)cc1. The zero-order valence-electron chi connectivity index (χ0n) is 13.5. The molecule has 0 spiro atoms. The summed E-state index contributed by atoms with van der Waals surface area (Å²) in [6.45, 7) is 5.53. The van der Waals surface area contributed by atoms with Crippen LogP contribution in [0.3, 0.4) is 0 Å². The zero-order valence-corrected chi connectivity index (χ0v) is 14.3. The highest BCUT2D eigenvalue weighted by Crippen LogP contribution is 2.47. The minimum atomic E-state index is 0.0960. The molecule has 4 rings (SSSR count). The van der Waals surface area contributed by atoms with Crippen molar-refractivity contribution in [3.8, 4) is 0 Å². The van der Waals surface area contributed by atoms with E-state index < -0.39 is 0 Å². The molecule has 0 saturated carbocycles. The first kappa shape index (κ1) is 14.8. The second kappa shape index (κ2) is 6.00. The summed E-state index contributed by atoms with van der Waals surface area (Å²) in [5, 5.41) is 1.79. The zero-order chi connectivity index (χ0) is 15.8. The number of hydrogen-bond acceptors (Lipinski definition) is 4. The van der Waals surface area contributed by atoms with Gasteiger partial charge in [-0.3, -0.25) is 9.98 Å². The highest BCUT2D eigenvalue weighted by Gasteiger charge is 2.43. The summed E-state index contributed by atoms with van der Waals surface area (Å²) in [6.07, 6.45) is 2.94. The van der Waals surface area contributed by atoms with Crippen LogP contribution < -0.4 is 0 Å². The van der Waals surface area contributed by atoms with Crippen molar-refractivity contribution < 1.29 is 0 Å². The minimum Gasteiger partial charge on any atom is -0.341 e. The quantitative estimate of drug-likeness (QED) is 0.846. The molecule has 0 N–H and O–H groups in total. The molecular formula is C19H21N3S. The lowest BCUT2D eigenvalue weighted by molar-refractivity contribution is 0.321. The van der Waals surface area contributed by atoms with Gasteiger partial charge < -0.3 is 4.90 Å². The lowest BCUT2D eigenvalue weighted by atomic mass is 9.95. The van der Waals surface area contributed by atoms with E-state index in [-0.39, 0.29) is 12.1 Å². The van der Waals surface area contributed by atoms with Gasteiger partial charge in [0.15, 0.2) is 5.17 Å². The molecule has 0 bridgehead atoms. The number of pyridine rings is 1. The van der Waals surface area contributed by atoms with Gasteiger partial charge in [0.2, 0.25) is 0 Å². The average molecular weight is 323 g/mol. The van der Waals surface area contributed by atoms with Crippen molar-refractivity contribution in [1.29, 1.82) is 0 Å². The fourth-order valence-electron chi connectivity index (χ4n) is 3.43. The van der Waals surface area contributed by atoms with Gasteiger partial charge in [0.25, 0.3) is 0 Å². The standard InChI is InChI=1S/C19H21N3S/c1-3-14-7-9-15(10-8-14)18-17(16-6-4-5-11-20-16)21-19-22(18)12-13(2)23-19/h4-11,13,17-18H,3,12H2,1-2H3/t13-,17-,18+/m0/s1. The fourth-order valence-corrected chi connectivity index (χ4v) is 4.52. The van der Waals surface area contributed by atoms with Crippen LogP contribution in [-0.2, 0) is 6.42 Å². The van der Waals surface area contributed by atoms with E-state index in [4.69, 9.17) is 4.99 Å². The van der Waals surface area contributed by atoms with Crippen LogP contribution in [0.25, 0.3) is 0 Å². The first-order valence-corrected chi connectivity index (χ1v) is 9.15. The van der Waals surface area contributed by atoms with Crippen LogP contribution in [-0.4, -0.2) is 26.8 Å². The summed E-state index contributed by atoms with van der Waals surface area (Å²) < 4.78 is 0. The third kappa shape index (κ3) is 2.65. The Morgan fingerprint density at radius 3 is 2.70 bits per heavy atom. The van der Waals surface area contributed by atoms with Gasteiger partial charge >= 0.3 is 0 Å². The van der Waals surface area contributed by atoms with Gasteiger partial charge in [0, 0.05) is 18.0 Å². The molecule has 0 radical (unpaired) electrons. The Morgan fingerprint density at radius 1 is 1.17 bits per heavy atom. The predicted octanol–water partition coefficient (Wildman–Crippen LogP) is 4.23. The summed E-state index contributed by atoms with van der Waals surface area (Å²) in [6, 6.07) is 15.5. The molecule has 118 valence electrons. The number of aromatic nitrogens is 1. The molecule has 2 aliphatic heterocycles. The Labute approximate surface area is 141 Å². The third-order valence-corrected chi connectivity index (χ3v) is 5.71. The maximum Gasteiger partial charge on any atom is 0.160 e. The Kier molecular flexibility index (Phi) is 3.85. The number of aryl methyl sites for hydroxylation is 1. The molecule has 4 heteroatoms. The summed E-state index contributed by atoms with van der Waals surface area (Å²) >= 11 is 1.89. The molecule has 1 aromatic carbocycles. The van der Waals surface area contributed by atoms with E-state index in [1.807, 2.05) is 24.0 Å². The molecule has 1 saturated heterocycles. The van der Waals surface area contributed by atoms with E-state index >= 15 is 0 Å². The summed E-state index contributed by atoms with van der Waals surface area (Å²) in [4.78, 5) is 12.1. The topological polar surface area (TPSA) is 28.5 Å². The van der Waals surface area contributed by atoms with E-state index in [0.29, 0.717) is 5.25 Å². The second-order valence-corrected chi connectivity index (χ2v) is 7.64. The van der Waals surface area contributed by atoms with Gasteiger partial charge in [-0.1, -0.05) is 55.9 Å². The predicted molar refractivity (Wildman–Crippen MR) is 96.7 cm³/mol. The second-order valence-electron chi connectivity index (χ2n) is 6.23. The van der Waals surface area contributed by atoms with Gasteiger partial charge in [-0.05, 0) is 29.7 Å². The fraction of sp³-hybridized carbons (Fsp3) is 0.368. The minimum absolute atomic E-state index is 0.0960. The van der Waals surface area contributed by atoms with Crippen LogP contribution in [0, 0.1) is 0 Å². The number of hydrogen-bond donors (Lipinski definition) is 0. The van der Waals surface area contributed by atoms with Crippen LogP contribution in [0.1, 0.15) is 42.8 Å². The number of benzene rings is 1. The van der Waals surface area contributed by atoms with E-state index in [9.17, 15) is 0 Å². The normalized spacial score (nSPS) is 26.3. The Balaban J connectivity index is 1.74. The third-order valence-electron chi connectivity index (χ3n) is 4.61. The van der Waals surface area contributed by atoms with Crippen LogP contribution in [0.2, 0.25) is 0 Å². The lowest BCUT2D eigenvalue weighted by Gasteiger charge is -2.27. The highest BCUT2D eigenvalue weighted by atomic mass is 32.2. The van der Waals surface area contributed by atoms with Crippen molar-refractivity contribution in [2.45, 2.75) is 37.6 Å². The summed E-state index contributed by atoms with van der Waals surface area (Å²) in [5.41, 5.74) is 3.78. The number of fused-ring (bicyclic) bond motifs is 1. The maximum atomic E-state index is 5.01. The smallest absolute Gasteiger partial charge is 0.160 e. The first-order valence-electron chi connectivity index (χ1n) is 8.27. The van der Waals surface area contributed by atoms with Crippen molar-refractivity contribution in [3.63, 3.8) is 0 Å². The molecule has 3 atom stereocenters. The van der Waals surface area contributed by atoms with Crippen molar-refractivity contribution >= 4 is 16.9 Å². The molecule has 23 heavy (non-hydrogen) atoms. The molecule has 2 aromatic rings. The largest absolute Gasteiger partial charge is 0.341 e. The first-order chi connectivity index (χ1) is 11.3. The van der Waals surface area contributed by atoms with Crippen molar-refractivity contribution in [1.82, 2.24) is 9.88 Å². The lowest BCUT2D eigenvalue weighted by Crippen LogP contribution is -2.28. The summed E-state index contributed by atoms with van der Waals surface area (Å²) in [7, 11) is 0. The van der Waals surface area contributed by atoms with Crippen LogP contribution >= 0.6 is 11.8 Å². The Hall–Kier alpha value is -1.81. The molecule has 3 nitrogen and oxygen atoms in total. The Morgan fingerprint density at radius 2 is 2.00 bits per heavy atom. The van der Waals surface area contributed by atoms with Crippen LogP contribution in [0.4, 0.5) is 0 Å². The molecule has 0 amide bonds. The molecule has 0 aliphatic carbocycles. The van der Waals surface area contributed by atoms with E-state index in [2.05, 4.69) is 60.1 Å². The van der Waals surface area contributed by atoms with Gasteiger partial charge in [0.1, 0.15) is 6.04 Å².